The Labute approximate surface area is 296 Å². The van der Waals surface area contributed by atoms with Crippen LogP contribution in [0, 0.1) is 27.7 Å². The number of hydrogen-bond donors (Lipinski definition) is 1. The van der Waals surface area contributed by atoms with Gasteiger partial charge in [0.25, 0.3) is 0 Å². The highest BCUT2D eigenvalue weighted by Crippen LogP contribution is 2.51. The van der Waals surface area contributed by atoms with E-state index in [0.717, 1.165) is 68.0 Å². The number of hydrogen-bond acceptors (Lipinski definition) is 1. The van der Waals surface area contributed by atoms with Crippen LogP contribution in [0.3, 0.4) is 0 Å². The second kappa shape index (κ2) is 14.5. The van der Waals surface area contributed by atoms with Crippen molar-refractivity contribution in [2.45, 2.75) is 52.6 Å². The van der Waals surface area contributed by atoms with E-state index in [1.165, 1.54) is 24.3 Å². The smallest absolute Gasteiger partial charge is 0.384 e. The maximum absolute atomic E-state index is 13.6. The fourth-order valence-electron chi connectivity index (χ4n) is 6.70. The lowest BCUT2D eigenvalue weighted by atomic mass is 10.0. The Kier molecular flexibility index (Phi) is 10.5. The number of allylic oxidation sites excluding steroid dienone is 3. The molecule has 0 aliphatic heterocycles. The van der Waals surface area contributed by atoms with E-state index >= 15 is 0 Å². The summed E-state index contributed by atoms with van der Waals surface area (Å²) in [6, 6.07) is 29.8. The second-order valence-corrected chi connectivity index (χ2v) is 17.3. The number of benzene rings is 5. The van der Waals surface area contributed by atoms with Crippen molar-refractivity contribution in [1.29, 1.82) is 0 Å². The van der Waals surface area contributed by atoms with Crippen molar-refractivity contribution in [2.24, 2.45) is 0 Å². The van der Waals surface area contributed by atoms with Crippen molar-refractivity contribution >= 4 is 42.4 Å². The molecule has 5 aromatic carbocycles. The molecule has 0 saturated carbocycles. The molecule has 0 fully saturated rings. The lowest BCUT2D eigenvalue weighted by Crippen LogP contribution is -2.26. The third-order valence-corrected chi connectivity index (χ3v) is 13.8. The summed E-state index contributed by atoms with van der Waals surface area (Å²) < 4.78 is 81.3. The van der Waals surface area contributed by atoms with E-state index in [1.807, 2.05) is 18.2 Å². The molecule has 1 N–H and O–H groups in total. The number of rotatable bonds is 8. The summed E-state index contributed by atoms with van der Waals surface area (Å²) in [5.74, 6) is 0. The van der Waals surface area contributed by atoms with Gasteiger partial charge in [-0.3, -0.25) is 0 Å². The van der Waals surface area contributed by atoms with Gasteiger partial charge in [0.05, 0.1) is 11.1 Å². The molecule has 1 aliphatic rings. The molecule has 0 amide bonds. The van der Waals surface area contributed by atoms with E-state index in [4.69, 9.17) is 0 Å². The number of aliphatic hydroxyl groups is 1. The Morgan fingerprint density at radius 2 is 0.980 bits per heavy atom. The molecule has 0 saturated heterocycles. The van der Waals surface area contributed by atoms with Crippen LogP contribution in [0.15, 0.2) is 132 Å². The first-order valence-electron chi connectivity index (χ1n) is 16.4. The Balaban J connectivity index is 1.52. The summed E-state index contributed by atoms with van der Waals surface area (Å²) in [5.41, 5.74) is 4.29. The molecule has 51 heavy (non-hydrogen) atoms. The quantitative estimate of drug-likeness (QED) is 0.124. The zero-order valence-electron chi connectivity index (χ0n) is 28.4. The molecule has 262 valence electrons. The summed E-state index contributed by atoms with van der Waals surface area (Å²) in [6.07, 6.45) is -5.54. The van der Waals surface area contributed by atoms with E-state index in [1.54, 1.807) is 12.1 Å². The Morgan fingerprint density at radius 3 is 1.41 bits per heavy atom. The van der Waals surface area contributed by atoms with Gasteiger partial charge < -0.3 is 5.11 Å². The lowest BCUT2D eigenvalue weighted by Gasteiger charge is -2.28. The summed E-state index contributed by atoms with van der Waals surface area (Å²) in [5, 5.41) is 17.4. The van der Waals surface area contributed by atoms with Crippen LogP contribution < -0.4 is 26.5 Å². The molecule has 5 aromatic rings. The summed E-state index contributed by atoms with van der Waals surface area (Å²) in [7, 11) is -2.77. The molecule has 0 heterocycles. The molecule has 0 aromatic heterocycles. The lowest BCUT2D eigenvalue weighted by molar-refractivity contribution is -0.138. The van der Waals surface area contributed by atoms with Crippen molar-refractivity contribution < 1.29 is 31.4 Å². The van der Waals surface area contributed by atoms with Crippen molar-refractivity contribution in [3.8, 4) is 0 Å². The van der Waals surface area contributed by atoms with E-state index in [-0.39, 0.29) is 0 Å². The predicted molar refractivity (Wildman–Crippen MR) is 199 cm³/mol. The minimum Gasteiger partial charge on any atom is -0.384 e. The monoisotopic (exact) mass is 732 g/mol. The fraction of sp³-hybridized carbons (Fsp3) is 0.190. The zero-order valence-corrected chi connectivity index (χ0v) is 30.2. The van der Waals surface area contributed by atoms with Gasteiger partial charge in [-0.2, -0.15) is 26.3 Å². The van der Waals surface area contributed by atoms with Gasteiger partial charge in [-0.25, -0.2) is 0 Å². The molecule has 9 heteroatoms. The highest BCUT2D eigenvalue weighted by Gasteiger charge is 2.34. The van der Waals surface area contributed by atoms with Gasteiger partial charge in [0.15, 0.2) is 0 Å². The molecule has 0 bridgehead atoms. The predicted octanol–water partition coefficient (Wildman–Crippen LogP) is 10.1. The van der Waals surface area contributed by atoms with Crippen molar-refractivity contribution in [1.82, 2.24) is 0 Å². The maximum Gasteiger partial charge on any atom is 0.416 e. The molecular weight excluding hydrogens is 696 g/mol. The molecule has 1 aliphatic carbocycles. The fourth-order valence-corrected chi connectivity index (χ4v) is 12.1. The number of alkyl halides is 6. The van der Waals surface area contributed by atoms with Gasteiger partial charge in [-0.15, -0.1) is 0 Å². The Bertz CT molecular complexity index is 1960. The minimum atomic E-state index is -4.55. The maximum atomic E-state index is 13.6. The van der Waals surface area contributed by atoms with Crippen LogP contribution in [0.1, 0.15) is 51.5 Å². The van der Waals surface area contributed by atoms with E-state index < -0.39 is 45.4 Å². The second-order valence-electron chi connectivity index (χ2n) is 12.9. The third-order valence-electron chi connectivity index (χ3n) is 8.82. The molecule has 6 rings (SSSR count). The Morgan fingerprint density at radius 1 is 0.549 bits per heavy atom. The highest BCUT2D eigenvalue weighted by atomic mass is 31.1. The number of aliphatic hydroxyl groups excluding tert-OH is 1. The largest absolute Gasteiger partial charge is 0.416 e. The molecule has 0 spiro atoms. The molecule has 1 nitrogen and oxygen atoms in total. The Hall–Kier alpha value is -4.02. The first kappa shape index (κ1) is 36.8. The van der Waals surface area contributed by atoms with Gasteiger partial charge >= 0.3 is 12.4 Å². The van der Waals surface area contributed by atoms with Crippen molar-refractivity contribution in [3.63, 3.8) is 0 Å². The van der Waals surface area contributed by atoms with Gasteiger partial charge in [0.2, 0.25) is 0 Å². The normalized spacial score (nSPS) is 14.2. The van der Waals surface area contributed by atoms with Gasteiger partial charge in [0.1, 0.15) is 6.10 Å². The number of aryl methyl sites for hydroxylation is 4. The van der Waals surface area contributed by atoms with Crippen molar-refractivity contribution in [2.75, 3.05) is 0 Å². The van der Waals surface area contributed by atoms with Crippen LogP contribution in [0.4, 0.5) is 26.3 Å². The standard InChI is InChI=1S/C42H36F6OP2/c1-26-20-27(2)23-34(22-26)51(35-24-28(3)21-29(4)25-35)39-11-7-9-37(39)40(49)36-8-5-6-10-38(36)50(32-16-12-30(13-17-32)41(43,44)45)33-18-14-31(15-19-33)42(46,47)48/h5-8,10-25,40,49H,9H2,1-4H3/t40-/m0/s1. The van der Waals surface area contributed by atoms with E-state index in [9.17, 15) is 31.4 Å². The minimum absolute atomic E-state index is 0.498. The highest BCUT2D eigenvalue weighted by molar-refractivity contribution is 7.80. The van der Waals surface area contributed by atoms with Gasteiger partial charge in [-0.05, 0) is 117 Å². The molecule has 1 atom stereocenters. The SMILES string of the molecule is Cc1cc(C)cc(P(C2=C([C@@H](O)c3ccccc3P(c3ccc(C(F)(F)F)cc3)c3ccc(C(F)(F)F)cc3)CC=C2)c2cc(C)cc(C)c2)c1. The van der Waals surface area contributed by atoms with Gasteiger partial charge in [0, 0.05) is 0 Å². The summed E-state index contributed by atoms with van der Waals surface area (Å²) >= 11 is 0. The zero-order chi connectivity index (χ0) is 36.7. The number of halogens is 6. The van der Waals surface area contributed by atoms with Crippen LogP contribution in [0.2, 0.25) is 0 Å². The molecule has 0 radical (unpaired) electrons. The molecule has 0 unspecified atom stereocenters. The van der Waals surface area contributed by atoms with Crippen molar-refractivity contribution in [3.05, 3.63) is 171 Å². The summed E-state index contributed by atoms with van der Waals surface area (Å²) in [6.45, 7) is 8.28. The first-order valence-corrected chi connectivity index (χ1v) is 19.1. The topological polar surface area (TPSA) is 20.2 Å². The van der Waals surface area contributed by atoms with Crippen LogP contribution in [0.25, 0.3) is 0 Å². The van der Waals surface area contributed by atoms with Crippen LogP contribution in [0.5, 0.6) is 0 Å². The van der Waals surface area contributed by atoms with Crippen LogP contribution >= 0.6 is 15.8 Å². The van der Waals surface area contributed by atoms with Gasteiger partial charge in [-0.1, -0.05) is 119 Å². The van der Waals surface area contributed by atoms with Crippen LogP contribution in [-0.4, -0.2) is 5.11 Å². The summed E-state index contributed by atoms with van der Waals surface area (Å²) in [4.78, 5) is 0. The average molecular weight is 733 g/mol. The van der Waals surface area contributed by atoms with E-state index in [2.05, 4.69) is 70.2 Å². The first-order chi connectivity index (χ1) is 24.1. The molecular formula is C42H36F6OP2. The average Bonchev–Trinajstić information content (AvgIpc) is 3.53. The third kappa shape index (κ3) is 8.07. The van der Waals surface area contributed by atoms with Crippen LogP contribution in [-0.2, 0) is 12.4 Å². The van der Waals surface area contributed by atoms with E-state index in [0.29, 0.717) is 27.9 Å².